The van der Waals surface area contributed by atoms with Crippen LogP contribution in [0.15, 0.2) is 53.6 Å². The van der Waals surface area contributed by atoms with Crippen molar-refractivity contribution in [2.24, 2.45) is 0 Å². The molecule has 0 saturated heterocycles. The van der Waals surface area contributed by atoms with E-state index in [0.717, 1.165) is 39.1 Å². The Morgan fingerprint density at radius 3 is 2.34 bits per heavy atom. The molecule has 0 aliphatic heterocycles. The Morgan fingerprint density at radius 1 is 1.00 bits per heavy atom. The van der Waals surface area contributed by atoms with Crippen LogP contribution in [0, 0.1) is 42.6 Å². The van der Waals surface area contributed by atoms with Crippen molar-refractivity contribution < 1.29 is 13.2 Å². The molecule has 0 spiro atoms. The maximum absolute atomic E-state index is 14.8. The van der Waals surface area contributed by atoms with Gasteiger partial charge >= 0.3 is 5.69 Å². The first-order valence-electron chi connectivity index (χ1n) is 9.73. The zero-order valence-corrected chi connectivity index (χ0v) is 17.3. The average Bonchev–Trinajstić information content (AvgIpc) is 3.25. The predicted molar refractivity (Wildman–Crippen MR) is 111 cm³/mol. The van der Waals surface area contributed by atoms with E-state index in [1.54, 1.807) is 19.1 Å². The molecule has 2 aromatic carbocycles. The van der Waals surface area contributed by atoms with Crippen molar-refractivity contribution in [3.63, 3.8) is 0 Å². The van der Waals surface area contributed by atoms with Gasteiger partial charge in [0.05, 0.1) is 24.3 Å². The van der Waals surface area contributed by atoms with Crippen LogP contribution in [0.1, 0.15) is 28.1 Å². The second-order valence-corrected chi connectivity index (χ2v) is 7.41. The van der Waals surface area contributed by atoms with Crippen LogP contribution in [0.2, 0.25) is 0 Å². The monoisotopic (exact) mass is 437 g/mol. The summed E-state index contributed by atoms with van der Waals surface area (Å²) in [5, 5.41) is 13.1. The lowest BCUT2D eigenvalue weighted by Crippen LogP contribution is -2.25. The van der Waals surface area contributed by atoms with Gasteiger partial charge < -0.3 is 4.57 Å². The van der Waals surface area contributed by atoms with Crippen molar-refractivity contribution in [1.82, 2.24) is 18.9 Å². The number of nitriles is 1. The van der Waals surface area contributed by atoms with Crippen molar-refractivity contribution in [1.29, 1.82) is 5.26 Å². The van der Waals surface area contributed by atoms with Crippen LogP contribution >= 0.6 is 0 Å². The van der Waals surface area contributed by atoms with E-state index < -0.39 is 23.1 Å². The van der Waals surface area contributed by atoms with Gasteiger partial charge in [-0.2, -0.15) is 15.0 Å². The highest BCUT2D eigenvalue weighted by Gasteiger charge is 2.15. The molecule has 162 valence electrons. The number of hydrogen-bond acceptors (Lipinski definition) is 3. The fraction of sp³-hybridized carbons (Fsp3) is 0.174. The fourth-order valence-corrected chi connectivity index (χ4v) is 3.60. The van der Waals surface area contributed by atoms with Gasteiger partial charge in [0.25, 0.3) is 0 Å². The summed E-state index contributed by atoms with van der Waals surface area (Å²) in [5.41, 5.74) is 1.74. The minimum atomic E-state index is -0.768. The Labute approximate surface area is 181 Å². The molecule has 0 radical (unpaired) electrons. The maximum Gasteiger partial charge on any atom is 0.350 e. The van der Waals surface area contributed by atoms with Gasteiger partial charge in [0.1, 0.15) is 29.8 Å². The van der Waals surface area contributed by atoms with Crippen molar-refractivity contribution in [3.8, 4) is 11.8 Å². The van der Waals surface area contributed by atoms with Crippen molar-refractivity contribution in [3.05, 3.63) is 105 Å². The Bertz CT molecular complexity index is 1400. The normalized spacial score (nSPS) is 11.0. The van der Waals surface area contributed by atoms with E-state index >= 15 is 0 Å². The maximum atomic E-state index is 14.8. The smallest absolute Gasteiger partial charge is 0.343 e. The lowest BCUT2D eigenvalue weighted by atomic mass is 10.2. The summed E-state index contributed by atoms with van der Waals surface area (Å²) in [6.45, 7) is 3.51. The number of aromatic nitrogens is 4. The molecule has 9 heteroatoms. The lowest BCUT2D eigenvalue weighted by Gasteiger charge is -2.11. The number of nitrogens with zero attached hydrogens (tertiary/aromatic N) is 5. The SMILES string of the molecule is Cc1cc(C#N)c(C)n1Cc1ccc(-n2ncn(Cc3c(F)cccc3F)c2=O)cc1F. The minimum Gasteiger partial charge on any atom is -0.343 e. The molecule has 0 fully saturated rings. The van der Waals surface area contributed by atoms with Gasteiger partial charge in [0, 0.05) is 28.6 Å². The Kier molecular flexibility index (Phi) is 5.45. The van der Waals surface area contributed by atoms with Crippen LogP contribution in [-0.2, 0) is 13.1 Å². The average molecular weight is 437 g/mol. The van der Waals surface area contributed by atoms with Gasteiger partial charge in [-0.05, 0) is 38.1 Å². The molecule has 32 heavy (non-hydrogen) atoms. The first-order chi connectivity index (χ1) is 15.3. The molecule has 0 saturated carbocycles. The Morgan fingerprint density at radius 2 is 1.72 bits per heavy atom. The molecule has 0 N–H and O–H groups in total. The third-order valence-electron chi connectivity index (χ3n) is 5.43. The molecule has 0 bridgehead atoms. The third-order valence-corrected chi connectivity index (χ3v) is 5.43. The second kappa shape index (κ2) is 8.23. The zero-order valence-electron chi connectivity index (χ0n) is 17.3. The van der Waals surface area contributed by atoms with Crippen molar-refractivity contribution >= 4 is 0 Å². The molecule has 0 aliphatic carbocycles. The van der Waals surface area contributed by atoms with Gasteiger partial charge in [0.15, 0.2) is 0 Å². The molecule has 2 aromatic heterocycles. The van der Waals surface area contributed by atoms with Crippen LogP contribution in [0.25, 0.3) is 5.69 Å². The number of benzene rings is 2. The van der Waals surface area contributed by atoms with Crippen LogP contribution in [-0.4, -0.2) is 18.9 Å². The molecular formula is C23H18F3N5O. The standard InChI is InChI=1S/C23H18F3N5O/c1-14-8-17(10-27)15(2)30(14)11-16-6-7-18(9-22(16)26)31-23(32)29(13-28-31)12-19-20(24)4-3-5-21(19)25/h3-9,13H,11-12H2,1-2H3. The molecule has 0 aliphatic rings. The van der Waals surface area contributed by atoms with Crippen molar-refractivity contribution in [2.75, 3.05) is 0 Å². The van der Waals surface area contributed by atoms with E-state index in [1.165, 1.54) is 18.2 Å². The van der Waals surface area contributed by atoms with Gasteiger partial charge in [-0.15, -0.1) is 0 Å². The molecule has 4 rings (SSSR count). The van der Waals surface area contributed by atoms with E-state index in [2.05, 4.69) is 11.2 Å². The number of aryl methyl sites for hydroxylation is 1. The van der Waals surface area contributed by atoms with Crippen LogP contribution in [0.3, 0.4) is 0 Å². The minimum absolute atomic E-state index is 0.183. The summed E-state index contributed by atoms with van der Waals surface area (Å²) < 4.78 is 46.5. The quantitative estimate of drug-likeness (QED) is 0.477. The topological polar surface area (TPSA) is 68.5 Å². The van der Waals surface area contributed by atoms with E-state index in [9.17, 15) is 23.2 Å². The van der Waals surface area contributed by atoms with Crippen LogP contribution in [0.4, 0.5) is 13.2 Å². The summed E-state index contributed by atoms with van der Waals surface area (Å²) in [6.07, 6.45) is 1.15. The highest BCUT2D eigenvalue weighted by atomic mass is 19.1. The highest BCUT2D eigenvalue weighted by molar-refractivity contribution is 5.39. The zero-order chi connectivity index (χ0) is 23.0. The predicted octanol–water partition coefficient (Wildman–Crippen LogP) is 3.84. The Balaban J connectivity index is 1.62. The largest absolute Gasteiger partial charge is 0.350 e. The molecule has 6 nitrogen and oxygen atoms in total. The van der Waals surface area contributed by atoms with Gasteiger partial charge in [-0.3, -0.25) is 4.57 Å². The Hall–Kier alpha value is -4.06. The molecular weight excluding hydrogens is 419 g/mol. The van der Waals surface area contributed by atoms with E-state index in [4.69, 9.17) is 0 Å². The van der Waals surface area contributed by atoms with E-state index in [1.807, 2.05) is 11.5 Å². The summed E-state index contributed by atoms with van der Waals surface area (Å²) in [5.74, 6) is -2.08. The highest BCUT2D eigenvalue weighted by Crippen LogP contribution is 2.19. The number of hydrogen-bond donors (Lipinski definition) is 0. The summed E-state index contributed by atoms with van der Waals surface area (Å²) in [4.78, 5) is 12.7. The van der Waals surface area contributed by atoms with Gasteiger partial charge in [-0.25, -0.2) is 18.0 Å². The number of rotatable bonds is 5. The van der Waals surface area contributed by atoms with Gasteiger partial charge in [0.2, 0.25) is 0 Å². The second-order valence-electron chi connectivity index (χ2n) is 7.41. The third kappa shape index (κ3) is 3.71. The molecule has 4 aromatic rings. The molecule has 0 atom stereocenters. The first kappa shape index (κ1) is 21.2. The molecule has 2 heterocycles. The summed E-state index contributed by atoms with van der Waals surface area (Å²) in [7, 11) is 0. The lowest BCUT2D eigenvalue weighted by molar-refractivity contribution is 0.541. The first-order valence-corrected chi connectivity index (χ1v) is 9.73. The van der Waals surface area contributed by atoms with E-state index in [-0.39, 0.29) is 24.3 Å². The molecule has 0 amide bonds. The fourth-order valence-electron chi connectivity index (χ4n) is 3.60. The van der Waals surface area contributed by atoms with Crippen LogP contribution < -0.4 is 5.69 Å². The van der Waals surface area contributed by atoms with E-state index in [0.29, 0.717) is 11.1 Å². The van der Waals surface area contributed by atoms with Gasteiger partial charge in [-0.1, -0.05) is 12.1 Å². The van der Waals surface area contributed by atoms with Crippen molar-refractivity contribution in [2.45, 2.75) is 26.9 Å². The number of halogens is 3. The summed E-state index contributed by atoms with van der Waals surface area (Å²) >= 11 is 0. The molecule has 0 unspecified atom stereocenters. The summed E-state index contributed by atoms with van der Waals surface area (Å²) in [6, 6.07) is 11.6. The van der Waals surface area contributed by atoms with Crippen LogP contribution in [0.5, 0.6) is 0 Å².